The summed E-state index contributed by atoms with van der Waals surface area (Å²) in [6, 6.07) is 18.9. The van der Waals surface area contributed by atoms with Crippen LogP contribution in [0, 0.1) is 6.92 Å². The highest BCUT2D eigenvalue weighted by Crippen LogP contribution is 2.26. The highest BCUT2D eigenvalue weighted by molar-refractivity contribution is 6.31. The van der Waals surface area contributed by atoms with E-state index in [1.165, 1.54) is 0 Å². The summed E-state index contributed by atoms with van der Waals surface area (Å²) in [5.74, 6) is 0.317. The van der Waals surface area contributed by atoms with Gasteiger partial charge in [-0.2, -0.15) is 0 Å². The normalized spacial score (nSPS) is 10.3. The Kier molecular flexibility index (Phi) is 5.31. The lowest BCUT2D eigenvalue weighted by atomic mass is 10.1. The Morgan fingerprint density at radius 2 is 1.84 bits per heavy atom. The number of nitrogens with zero attached hydrogens (tertiary/aromatic N) is 1. The minimum absolute atomic E-state index is 0.181. The van der Waals surface area contributed by atoms with Crippen LogP contribution >= 0.6 is 11.6 Å². The van der Waals surface area contributed by atoms with E-state index in [2.05, 4.69) is 15.6 Å². The summed E-state index contributed by atoms with van der Waals surface area (Å²) >= 11 is 6.16. The first-order valence-corrected chi connectivity index (χ1v) is 8.32. The molecule has 1 amide bonds. The van der Waals surface area contributed by atoms with Crippen molar-refractivity contribution >= 4 is 29.0 Å². The van der Waals surface area contributed by atoms with E-state index >= 15 is 0 Å². The van der Waals surface area contributed by atoms with Crippen molar-refractivity contribution in [1.82, 2.24) is 10.3 Å². The second-order valence-corrected chi connectivity index (χ2v) is 6.01. The molecule has 0 aliphatic heterocycles. The molecule has 1 aromatic heterocycles. The molecular formula is C20H18ClN3O. The molecule has 0 saturated carbocycles. The Hall–Kier alpha value is -2.85. The van der Waals surface area contributed by atoms with Gasteiger partial charge in [-0.25, -0.2) is 4.98 Å². The zero-order chi connectivity index (χ0) is 17.6. The fourth-order valence-electron chi connectivity index (χ4n) is 2.43. The molecule has 0 bridgehead atoms. The van der Waals surface area contributed by atoms with E-state index < -0.39 is 0 Å². The number of anilines is 2. The first kappa shape index (κ1) is 17.0. The number of aromatic nitrogens is 1. The largest absolute Gasteiger partial charge is 0.348 e. The number of halogens is 1. The van der Waals surface area contributed by atoms with Crippen molar-refractivity contribution in [3.8, 4) is 0 Å². The third kappa shape index (κ3) is 4.17. The second-order valence-electron chi connectivity index (χ2n) is 5.61. The second kappa shape index (κ2) is 7.81. The molecule has 0 radical (unpaired) electrons. The molecule has 5 heteroatoms. The van der Waals surface area contributed by atoms with Gasteiger partial charge in [-0.05, 0) is 42.3 Å². The van der Waals surface area contributed by atoms with Crippen LogP contribution in [0.5, 0.6) is 0 Å². The minimum atomic E-state index is -0.181. The first-order valence-electron chi connectivity index (χ1n) is 7.94. The number of nitrogens with one attached hydrogen (secondary N) is 2. The summed E-state index contributed by atoms with van der Waals surface area (Å²) in [4.78, 5) is 16.9. The molecule has 2 N–H and O–H groups in total. The lowest BCUT2D eigenvalue weighted by Gasteiger charge is -2.13. The molecule has 4 nitrogen and oxygen atoms in total. The van der Waals surface area contributed by atoms with E-state index in [0.717, 1.165) is 16.8 Å². The van der Waals surface area contributed by atoms with Crippen molar-refractivity contribution in [3.05, 3.63) is 88.6 Å². The topological polar surface area (TPSA) is 54.0 Å². The molecule has 25 heavy (non-hydrogen) atoms. The van der Waals surface area contributed by atoms with Crippen molar-refractivity contribution in [1.29, 1.82) is 0 Å². The molecule has 126 valence electrons. The number of carbonyl (C=O) groups excluding carboxylic acids is 1. The van der Waals surface area contributed by atoms with E-state index in [9.17, 15) is 4.79 Å². The van der Waals surface area contributed by atoms with E-state index in [4.69, 9.17) is 11.6 Å². The molecule has 0 aliphatic rings. The van der Waals surface area contributed by atoms with Crippen LogP contribution in [0.25, 0.3) is 0 Å². The van der Waals surface area contributed by atoms with Gasteiger partial charge < -0.3 is 10.6 Å². The molecule has 0 atom stereocenters. The van der Waals surface area contributed by atoms with Crippen LogP contribution in [-0.2, 0) is 6.54 Å². The van der Waals surface area contributed by atoms with Crippen molar-refractivity contribution < 1.29 is 4.79 Å². The number of amides is 1. The summed E-state index contributed by atoms with van der Waals surface area (Å²) in [5.41, 5.74) is 3.26. The van der Waals surface area contributed by atoms with Crippen molar-refractivity contribution in [2.24, 2.45) is 0 Å². The van der Waals surface area contributed by atoms with E-state index in [1.54, 1.807) is 18.3 Å². The van der Waals surface area contributed by atoms with Gasteiger partial charge in [0, 0.05) is 23.5 Å². The molecule has 0 spiro atoms. The van der Waals surface area contributed by atoms with Crippen LogP contribution in [0.4, 0.5) is 11.5 Å². The Bertz CT molecular complexity index is 881. The number of rotatable bonds is 5. The number of carbonyl (C=O) groups is 1. The van der Waals surface area contributed by atoms with Gasteiger partial charge in [0.2, 0.25) is 0 Å². The fraction of sp³-hybridized carbons (Fsp3) is 0.100. The quantitative estimate of drug-likeness (QED) is 0.699. The fourth-order valence-corrected chi connectivity index (χ4v) is 2.61. The third-order valence-corrected chi connectivity index (χ3v) is 4.28. The zero-order valence-corrected chi connectivity index (χ0v) is 14.5. The Morgan fingerprint density at radius 1 is 1.04 bits per heavy atom. The van der Waals surface area contributed by atoms with Gasteiger partial charge >= 0.3 is 0 Å². The van der Waals surface area contributed by atoms with Crippen molar-refractivity contribution in [3.63, 3.8) is 0 Å². The first-order chi connectivity index (χ1) is 12.1. The summed E-state index contributed by atoms with van der Waals surface area (Å²) in [6.07, 6.45) is 1.65. The van der Waals surface area contributed by atoms with Gasteiger partial charge in [0.25, 0.3) is 5.91 Å². The lowest BCUT2D eigenvalue weighted by molar-refractivity contribution is 0.0951. The van der Waals surface area contributed by atoms with Gasteiger partial charge in [0.15, 0.2) is 0 Å². The van der Waals surface area contributed by atoms with Crippen molar-refractivity contribution in [2.75, 3.05) is 5.32 Å². The predicted octanol–water partition coefficient (Wildman–Crippen LogP) is 4.72. The SMILES string of the molecule is Cc1c(Cl)cccc1Nc1ncccc1C(=O)NCc1ccccc1. The lowest BCUT2D eigenvalue weighted by Crippen LogP contribution is -2.24. The summed E-state index contributed by atoms with van der Waals surface area (Å²) in [7, 11) is 0. The van der Waals surface area contributed by atoms with Gasteiger partial charge in [0.05, 0.1) is 5.56 Å². The number of hydrogen-bond acceptors (Lipinski definition) is 3. The van der Waals surface area contributed by atoms with Crippen LogP contribution in [0.2, 0.25) is 5.02 Å². The maximum Gasteiger partial charge on any atom is 0.255 e. The van der Waals surface area contributed by atoms with Gasteiger partial charge in [-0.1, -0.05) is 48.0 Å². The van der Waals surface area contributed by atoms with Gasteiger partial charge in [-0.15, -0.1) is 0 Å². The molecule has 0 aliphatic carbocycles. The standard InChI is InChI=1S/C20H18ClN3O/c1-14-17(21)10-5-11-18(14)24-19-16(9-6-12-22-19)20(25)23-13-15-7-3-2-4-8-15/h2-12H,13H2,1H3,(H,22,24)(H,23,25). The predicted molar refractivity (Wildman–Crippen MR) is 101 cm³/mol. The third-order valence-electron chi connectivity index (χ3n) is 3.87. The van der Waals surface area contributed by atoms with Crippen LogP contribution in [0.15, 0.2) is 66.9 Å². The molecular weight excluding hydrogens is 334 g/mol. The smallest absolute Gasteiger partial charge is 0.255 e. The maximum atomic E-state index is 12.6. The summed E-state index contributed by atoms with van der Waals surface area (Å²) in [5, 5.41) is 6.79. The summed E-state index contributed by atoms with van der Waals surface area (Å²) in [6.45, 7) is 2.38. The molecule has 0 unspecified atom stereocenters. The average molecular weight is 352 g/mol. The van der Waals surface area contributed by atoms with Gasteiger partial charge in [0.1, 0.15) is 5.82 Å². The van der Waals surface area contributed by atoms with E-state index in [-0.39, 0.29) is 5.91 Å². The molecule has 3 rings (SSSR count). The molecule has 3 aromatic rings. The van der Waals surface area contributed by atoms with E-state index in [0.29, 0.717) is 22.9 Å². The highest BCUT2D eigenvalue weighted by atomic mass is 35.5. The van der Waals surface area contributed by atoms with Gasteiger partial charge in [-0.3, -0.25) is 4.79 Å². The zero-order valence-electron chi connectivity index (χ0n) is 13.8. The summed E-state index contributed by atoms with van der Waals surface area (Å²) < 4.78 is 0. The Morgan fingerprint density at radius 3 is 2.64 bits per heavy atom. The number of benzene rings is 2. The molecule has 2 aromatic carbocycles. The van der Waals surface area contributed by atoms with Crippen LogP contribution < -0.4 is 10.6 Å². The molecule has 0 fully saturated rings. The maximum absolute atomic E-state index is 12.6. The Labute approximate surface area is 151 Å². The minimum Gasteiger partial charge on any atom is -0.348 e. The average Bonchev–Trinajstić information content (AvgIpc) is 2.65. The van der Waals surface area contributed by atoms with Crippen LogP contribution in [-0.4, -0.2) is 10.9 Å². The van der Waals surface area contributed by atoms with Crippen LogP contribution in [0.1, 0.15) is 21.5 Å². The molecule has 0 saturated heterocycles. The van der Waals surface area contributed by atoms with Crippen molar-refractivity contribution in [2.45, 2.75) is 13.5 Å². The van der Waals surface area contributed by atoms with E-state index in [1.807, 2.05) is 55.5 Å². The number of pyridine rings is 1. The Balaban J connectivity index is 1.78. The van der Waals surface area contributed by atoms with Crippen LogP contribution in [0.3, 0.4) is 0 Å². The monoisotopic (exact) mass is 351 g/mol. The number of hydrogen-bond donors (Lipinski definition) is 2. The highest BCUT2D eigenvalue weighted by Gasteiger charge is 2.13. The molecule has 1 heterocycles.